The van der Waals surface area contributed by atoms with Crippen molar-refractivity contribution in [3.05, 3.63) is 24.0 Å². The van der Waals surface area contributed by atoms with Crippen molar-refractivity contribution in [1.29, 1.82) is 0 Å². The highest BCUT2D eigenvalue weighted by Gasteiger charge is 1.99. The predicted octanol–water partition coefficient (Wildman–Crippen LogP) is 1.67. The predicted molar refractivity (Wildman–Crippen MR) is 47.8 cm³/mol. The molecule has 0 aliphatic carbocycles. The van der Waals surface area contributed by atoms with Crippen LogP contribution in [0.3, 0.4) is 0 Å². The van der Waals surface area contributed by atoms with Gasteiger partial charge in [-0.25, -0.2) is 4.98 Å². The van der Waals surface area contributed by atoms with E-state index in [4.69, 9.17) is 5.73 Å². The summed E-state index contributed by atoms with van der Waals surface area (Å²) >= 11 is 0. The smallest absolute Gasteiger partial charge is 0.198 e. The van der Waals surface area contributed by atoms with Gasteiger partial charge in [-0.05, 0) is 19.1 Å². The van der Waals surface area contributed by atoms with E-state index < -0.39 is 0 Å². The summed E-state index contributed by atoms with van der Waals surface area (Å²) in [4.78, 5) is 6.91. The van der Waals surface area contributed by atoms with Crippen LogP contribution in [0, 0.1) is 0 Å². The van der Waals surface area contributed by atoms with E-state index in [0.717, 1.165) is 11.4 Å². The number of nitrogens with two attached hydrogens (primary N) is 1. The molecule has 3 heteroatoms. The Morgan fingerprint density at radius 2 is 2.36 bits per heavy atom. The van der Waals surface area contributed by atoms with Gasteiger partial charge in [-0.15, -0.1) is 0 Å². The molecule has 3 N–H and O–H groups in total. The summed E-state index contributed by atoms with van der Waals surface area (Å²) in [5.41, 5.74) is 7.13. The van der Waals surface area contributed by atoms with Crippen LogP contribution in [0.5, 0.6) is 0 Å². The largest absolute Gasteiger partial charge is 0.369 e. The van der Waals surface area contributed by atoms with Crippen LogP contribution in [0.15, 0.2) is 12.7 Å². The number of H-pyrrole nitrogens is 1. The molecule has 0 aliphatic rings. The highest BCUT2D eigenvalue weighted by molar-refractivity contribution is 5.60. The topological polar surface area (TPSA) is 54.7 Å². The van der Waals surface area contributed by atoms with Gasteiger partial charge in [0.05, 0.1) is 11.4 Å². The van der Waals surface area contributed by atoms with E-state index in [1.54, 1.807) is 6.08 Å². The molecule has 0 radical (unpaired) electrons. The van der Waals surface area contributed by atoms with E-state index in [1.807, 2.05) is 19.1 Å². The van der Waals surface area contributed by atoms with Crippen molar-refractivity contribution in [3.8, 4) is 0 Å². The molecule has 0 atom stereocenters. The van der Waals surface area contributed by atoms with Crippen LogP contribution in [0.1, 0.15) is 18.3 Å². The summed E-state index contributed by atoms with van der Waals surface area (Å²) in [5.74, 6) is 0.424. The normalized spacial score (nSPS) is 10.6. The number of aromatic amines is 1. The first-order valence-corrected chi connectivity index (χ1v) is 3.38. The number of hydrogen-bond donors (Lipinski definition) is 2. The summed E-state index contributed by atoms with van der Waals surface area (Å²) in [6.07, 6.45) is 5.48. The second-order valence-electron chi connectivity index (χ2n) is 2.13. The quantitative estimate of drug-likeness (QED) is 0.672. The Hall–Kier alpha value is -1.51. The fraction of sp³-hybridized carbons (Fsp3) is 0.125. The summed E-state index contributed by atoms with van der Waals surface area (Å²) in [5, 5.41) is 0. The third kappa shape index (κ3) is 1.49. The van der Waals surface area contributed by atoms with Gasteiger partial charge in [-0.1, -0.05) is 12.7 Å². The number of nitrogens with one attached hydrogen (secondary N) is 1. The highest BCUT2D eigenvalue weighted by Crippen LogP contribution is 2.10. The Kier molecular flexibility index (Phi) is 2.11. The highest BCUT2D eigenvalue weighted by atomic mass is 15.0. The fourth-order valence-corrected chi connectivity index (χ4v) is 0.860. The fourth-order valence-electron chi connectivity index (χ4n) is 0.860. The molecule has 1 aromatic rings. The molecule has 1 heterocycles. The molecule has 3 nitrogen and oxygen atoms in total. The number of allylic oxidation sites excluding steroid dienone is 1. The van der Waals surface area contributed by atoms with Gasteiger partial charge < -0.3 is 10.7 Å². The molecule has 0 unspecified atom stereocenters. The lowest BCUT2D eigenvalue weighted by Gasteiger charge is -1.85. The maximum Gasteiger partial charge on any atom is 0.198 e. The maximum atomic E-state index is 5.44. The summed E-state index contributed by atoms with van der Waals surface area (Å²) < 4.78 is 0. The van der Waals surface area contributed by atoms with Crippen molar-refractivity contribution in [1.82, 2.24) is 9.97 Å². The molecule has 1 rings (SSSR count). The van der Waals surface area contributed by atoms with Crippen LogP contribution < -0.4 is 5.73 Å². The van der Waals surface area contributed by atoms with Crippen molar-refractivity contribution in [2.45, 2.75) is 6.92 Å². The first-order valence-electron chi connectivity index (χ1n) is 3.38. The van der Waals surface area contributed by atoms with Gasteiger partial charge in [0.15, 0.2) is 5.95 Å². The van der Waals surface area contributed by atoms with Crippen molar-refractivity contribution < 1.29 is 0 Å². The zero-order valence-corrected chi connectivity index (χ0v) is 6.46. The van der Waals surface area contributed by atoms with Crippen molar-refractivity contribution >= 4 is 18.1 Å². The molecule has 0 spiro atoms. The minimum absolute atomic E-state index is 0.424. The number of anilines is 1. The van der Waals surface area contributed by atoms with Crippen LogP contribution in [-0.2, 0) is 0 Å². The van der Waals surface area contributed by atoms with Crippen molar-refractivity contribution in [2.75, 3.05) is 5.73 Å². The zero-order valence-electron chi connectivity index (χ0n) is 6.46. The number of nitrogens with zero attached hydrogens (tertiary/aromatic N) is 1. The van der Waals surface area contributed by atoms with Crippen LogP contribution in [0.4, 0.5) is 5.95 Å². The van der Waals surface area contributed by atoms with E-state index in [9.17, 15) is 0 Å². The second kappa shape index (κ2) is 3.05. The average molecular weight is 149 g/mol. The molecule has 0 aliphatic heterocycles. The molecule has 0 aromatic carbocycles. The molecule has 0 saturated carbocycles. The third-order valence-electron chi connectivity index (χ3n) is 1.31. The van der Waals surface area contributed by atoms with Gasteiger partial charge in [0.2, 0.25) is 0 Å². The first-order chi connectivity index (χ1) is 5.27. The van der Waals surface area contributed by atoms with E-state index in [-0.39, 0.29) is 0 Å². The lowest BCUT2D eigenvalue weighted by atomic mass is 10.3. The Balaban J connectivity index is 3.11. The summed E-state index contributed by atoms with van der Waals surface area (Å²) in [6.45, 7) is 5.55. The molecule has 0 bridgehead atoms. The first kappa shape index (κ1) is 7.60. The van der Waals surface area contributed by atoms with Gasteiger partial charge in [0.1, 0.15) is 0 Å². The van der Waals surface area contributed by atoms with Gasteiger partial charge in [-0.2, -0.15) is 0 Å². The Morgan fingerprint density at radius 1 is 1.64 bits per heavy atom. The van der Waals surface area contributed by atoms with Gasteiger partial charge in [0.25, 0.3) is 0 Å². The second-order valence-corrected chi connectivity index (χ2v) is 2.13. The van der Waals surface area contributed by atoms with Gasteiger partial charge >= 0.3 is 0 Å². The number of rotatable bonds is 2. The monoisotopic (exact) mass is 149 g/mol. The number of imidazole rings is 1. The third-order valence-corrected chi connectivity index (χ3v) is 1.31. The SMILES string of the molecule is C=Cc1[nH]c(N)nc1/C=C\C. The standard InChI is InChI=1S/C8H11N3/c1-3-5-7-6(4-2)10-8(9)11-7/h3-5H,2H2,1H3,(H3,9,10,11)/b5-3-. The minimum Gasteiger partial charge on any atom is -0.369 e. The summed E-state index contributed by atoms with van der Waals surface area (Å²) in [6, 6.07) is 0. The molecule has 11 heavy (non-hydrogen) atoms. The van der Waals surface area contributed by atoms with Gasteiger partial charge in [0, 0.05) is 0 Å². The molecule has 58 valence electrons. The zero-order chi connectivity index (χ0) is 8.27. The minimum atomic E-state index is 0.424. The van der Waals surface area contributed by atoms with Crippen LogP contribution >= 0.6 is 0 Å². The summed E-state index contributed by atoms with van der Waals surface area (Å²) in [7, 11) is 0. The number of aromatic nitrogens is 2. The lowest BCUT2D eigenvalue weighted by molar-refractivity contribution is 1.31. The van der Waals surface area contributed by atoms with Crippen LogP contribution in [0.2, 0.25) is 0 Å². The molecular weight excluding hydrogens is 138 g/mol. The maximum absolute atomic E-state index is 5.44. The Morgan fingerprint density at radius 3 is 2.91 bits per heavy atom. The van der Waals surface area contributed by atoms with Gasteiger partial charge in [-0.3, -0.25) is 0 Å². The van der Waals surface area contributed by atoms with E-state index in [0.29, 0.717) is 5.95 Å². The van der Waals surface area contributed by atoms with E-state index in [2.05, 4.69) is 16.5 Å². The molecule has 1 aromatic heterocycles. The van der Waals surface area contributed by atoms with Crippen molar-refractivity contribution in [3.63, 3.8) is 0 Å². The van der Waals surface area contributed by atoms with E-state index in [1.165, 1.54) is 0 Å². The number of nitrogen functional groups attached to an aromatic ring is 1. The molecular formula is C8H11N3. The van der Waals surface area contributed by atoms with E-state index >= 15 is 0 Å². The van der Waals surface area contributed by atoms with Crippen LogP contribution in [-0.4, -0.2) is 9.97 Å². The molecule has 0 saturated heterocycles. The number of hydrogen-bond acceptors (Lipinski definition) is 2. The Labute approximate surface area is 65.6 Å². The van der Waals surface area contributed by atoms with Crippen molar-refractivity contribution in [2.24, 2.45) is 0 Å². The van der Waals surface area contributed by atoms with Crippen LogP contribution in [0.25, 0.3) is 12.2 Å². The Bertz CT molecular complexity index is 284. The molecule has 0 fully saturated rings. The molecule has 0 amide bonds. The lowest BCUT2D eigenvalue weighted by Crippen LogP contribution is -1.85. The average Bonchev–Trinajstić information content (AvgIpc) is 2.32.